The summed E-state index contributed by atoms with van der Waals surface area (Å²) in [6, 6.07) is 10.7. The highest BCUT2D eigenvalue weighted by Gasteiger charge is 2.21. The summed E-state index contributed by atoms with van der Waals surface area (Å²) in [4.78, 5) is 12.2. The van der Waals surface area contributed by atoms with Crippen molar-refractivity contribution in [2.45, 2.75) is 32.2 Å². The molecule has 1 amide bonds. The number of aryl methyl sites for hydroxylation is 1. The molecule has 1 aliphatic carbocycles. The van der Waals surface area contributed by atoms with Gasteiger partial charge in [0, 0.05) is 17.8 Å². The van der Waals surface area contributed by atoms with E-state index in [9.17, 15) is 9.18 Å². The molecule has 3 N–H and O–H groups in total. The third-order valence-electron chi connectivity index (χ3n) is 4.72. The number of anilines is 1. The number of amides is 1. The quantitative estimate of drug-likeness (QED) is 0.781. The van der Waals surface area contributed by atoms with Gasteiger partial charge in [-0.15, -0.1) is 0 Å². The van der Waals surface area contributed by atoms with E-state index in [-0.39, 0.29) is 30.9 Å². The number of nitrogens with one attached hydrogen (secondary N) is 2. The van der Waals surface area contributed by atoms with Crippen LogP contribution in [-0.4, -0.2) is 24.2 Å². The van der Waals surface area contributed by atoms with Crippen molar-refractivity contribution in [1.82, 2.24) is 5.32 Å². The summed E-state index contributed by atoms with van der Waals surface area (Å²) < 4.78 is 13.5. The standard InChI is InChI=1S/C20H23FN2O2/c1-13-16(20(25)22-10-11-24)5-3-6-18(13)23-19-7-2-4-14-12-15(21)8-9-17(14)19/h3,5-6,8-9,12,19,23-24H,2,4,7,10-11H2,1H3,(H,22,25). The molecule has 0 fully saturated rings. The zero-order valence-corrected chi connectivity index (χ0v) is 14.3. The van der Waals surface area contributed by atoms with Crippen LogP contribution in [0.2, 0.25) is 0 Å². The minimum Gasteiger partial charge on any atom is -0.395 e. The number of halogens is 1. The second-order valence-electron chi connectivity index (χ2n) is 6.39. The van der Waals surface area contributed by atoms with Crippen molar-refractivity contribution in [2.75, 3.05) is 18.5 Å². The van der Waals surface area contributed by atoms with E-state index in [1.54, 1.807) is 12.1 Å². The summed E-state index contributed by atoms with van der Waals surface area (Å²) in [6.07, 6.45) is 2.87. The Morgan fingerprint density at radius 2 is 2.16 bits per heavy atom. The van der Waals surface area contributed by atoms with Crippen LogP contribution in [0.5, 0.6) is 0 Å². The van der Waals surface area contributed by atoms with Crippen LogP contribution in [0.25, 0.3) is 0 Å². The highest BCUT2D eigenvalue weighted by molar-refractivity contribution is 5.97. The molecule has 2 aromatic rings. The molecule has 2 aromatic carbocycles. The maximum Gasteiger partial charge on any atom is 0.251 e. The normalized spacial score (nSPS) is 16.2. The van der Waals surface area contributed by atoms with Crippen LogP contribution < -0.4 is 10.6 Å². The van der Waals surface area contributed by atoms with E-state index in [0.717, 1.165) is 41.6 Å². The molecule has 25 heavy (non-hydrogen) atoms. The summed E-state index contributed by atoms with van der Waals surface area (Å²) in [5, 5.41) is 15.1. The number of benzene rings is 2. The summed E-state index contributed by atoms with van der Waals surface area (Å²) >= 11 is 0. The Morgan fingerprint density at radius 3 is 2.96 bits per heavy atom. The molecular weight excluding hydrogens is 319 g/mol. The van der Waals surface area contributed by atoms with E-state index >= 15 is 0 Å². The lowest BCUT2D eigenvalue weighted by Crippen LogP contribution is -2.27. The van der Waals surface area contributed by atoms with Crippen molar-refractivity contribution < 1.29 is 14.3 Å². The third kappa shape index (κ3) is 3.82. The number of carbonyl (C=O) groups is 1. The second-order valence-corrected chi connectivity index (χ2v) is 6.39. The van der Waals surface area contributed by atoms with Crippen molar-refractivity contribution in [3.8, 4) is 0 Å². The van der Waals surface area contributed by atoms with E-state index in [0.29, 0.717) is 5.56 Å². The fourth-order valence-electron chi connectivity index (χ4n) is 3.42. The van der Waals surface area contributed by atoms with Gasteiger partial charge in [0.15, 0.2) is 0 Å². The second kappa shape index (κ2) is 7.66. The molecule has 0 radical (unpaired) electrons. The largest absolute Gasteiger partial charge is 0.395 e. The first-order valence-corrected chi connectivity index (χ1v) is 8.63. The van der Waals surface area contributed by atoms with E-state index in [1.165, 1.54) is 6.07 Å². The molecule has 0 aromatic heterocycles. The molecule has 3 rings (SSSR count). The van der Waals surface area contributed by atoms with Gasteiger partial charge in [-0.25, -0.2) is 4.39 Å². The van der Waals surface area contributed by atoms with Gasteiger partial charge in [-0.05, 0) is 67.1 Å². The first-order chi connectivity index (χ1) is 12.1. The number of rotatable bonds is 5. The molecule has 0 saturated carbocycles. The molecule has 0 spiro atoms. The molecule has 4 nitrogen and oxygen atoms in total. The van der Waals surface area contributed by atoms with Crippen molar-refractivity contribution >= 4 is 11.6 Å². The van der Waals surface area contributed by atoms with Crippen LogP contribution in [0.3, 0.4) is 0 Å². The fourth-order valence-corrected chi connectivity index (χ4v) is 3.42. The first-order valence-electron chi connectivity index (χ1n) is 8.63. The zero-order chi connectivity index (χ0) is 17.8. The highest BCUT2D eigenvalue weighted by Crippen LogP contribution is 2.34. The van der Waals surface area contributed by atoms with Gasteiger partial charge in [-0.2, -0.15) is 0 Å². The van der Waals surface area contributed by atoms with Gasteiger partial charge < -0.3 is 15.7 Å². The average Bonchev–Trinajstić information content (AvgIpc) is 2.61. The number of aliphatic hydroxyl groups excluding tert-OH is 1. The Morgan fingerprint density at radius 1 is 1.32 bits per heavy atom. The predicted octanol–water partition coefficient (Wildman–Crippen LogP) is 3.35. The monoisotopic (exact) mass is 342 g/mol. The average molecular weight is 342 g/mol. The smallest absolute Gasteiger partial charge is 0.251 e. The summed E-state index contributed by atoms with van der Waals surface area (Å²) in [7, 11) is 0. The first kappa shape index (κ1) is 17.4. The van der Waals surface area contributed by atoms with Crippen LogP contribution in [0.4, 0.5) is 10.1 Å². The molecule has 0 saturated heterocycles. The van der Waals surface area contributed by atoms with E-state index < -0.39 is 0 Å². The van der Waals surface area contributed by atoms with Gasteiger partial charge >= 0.3 is 0 Å². The Kier molecular flexibility index (Phi) is 5.34. The zero-order valence-electron chi connectivity index (χ0n) is 14.3. The van der Waals surface area contributed by atoms with Crippen LogP contribution in [0.1, 0.15) is 45.9 Å². The van der Waals surface area contributed by atoms with Gasteiger partial charge in [0.05, 0.1) is 12.6 Å². The lowest BCUT2D eigenvalue weighted by molar-refractivity contribution is 0.0944. The van der Waals surface area contributed by atoms with E-state index in [4.69, 9.17) is 5.11 Å². The molecule has 1 aliphatic rings. The van der Waals surface area contributed by atoms with Crippen molar-refractivity contribution in [3.05, 3.63) is 64.5 Å². The van der Waals surface area contributed by atoms with Crippen LogP contribution in [0.15, 0.2) is 36.4 Å². The Balaban J connectivity index is 1.84. The molecule has 132 valence electrons. The lowest BCUT2D eigenvalue weighted by atomic mass is 9.87. The highest BCUT2D eigenvalue weighted by atomic mass is 19.1. The minimum absolute atomic E-state index is 0.0852. The third-order valence-corrected chi connectivity index (χ3v) is 4.72. The molecule has 1 unspecified atom stereocenters. The van der Waals surface area contributed by atoms with Crippen LogP contribution >= 0.6 is 0 Å². The Bertz CT molecular complexity index is 776. The molecule has 1 atom stereocenters. The Hall–Kier alpha value is -2.40. The van der Waals surface area contributed by atoms with Crippen LogP contribution in [-0.2, 0) is 6.42 Å². The summed E-state index contributed by atoms with van der Waals surface area (Å²) in [6.45, 7) is 2.06. The fraction of sp³-hybridized carbons (Fsp3) is 0.350. The van der Waals surface area contributed by atoms with Crippen molar-refractivity contribution in [3.63, 3.8) is 0 Å². The molecular formula is C20H23FN2O2. The van der Waals surface area contributed by atoms with Gasteiger partial charge in [0.25, 0.3) is 5.91 Å². The topological polar surface area (TPSA) is 61.4 Å². The van der Waals surface area contributed by atoms with Gasteiger partial charge in [-0.1, -0.05) is 12.1 Å². The SMILES string of the molecule is Cc1c(NC2CCCc3cc(F)ccc32)cccc1C(=O)NCCO. The summed E-state index contributed by atoms with van der Waals surface area (Å²) in [5.41, 5.74) is 4.54. The van der Waals surface area contributed by atoms with Crippen molar-refractivity contribution in [2.24, 2.45) is 0 Å². The number of carbonyl (C=O) groups excluding carboxylic acids is 1. The van der Waals surface area contributed by atoms with Crippen LogP contribution in [0, 0.1) is 12.7 Å². The number of hydrogen-bond acceptors (Lipinski definition) is 3. The molecule has 0 aliphatic heterocycles. The maximum absolute atomic E-state index is 13.5. The minimum atomic E-state index is -0.196. The number of hydrogen-bond donors (Lipinski definition) is 3. The van der Waals surface area contributed by atoms with E-state index in [2.05, 4.69) is 10.6 Å². The number of aliphatic hydroxyl groups is 1. The van der Waals surface area contributed by atoms with Gasteiger partial charge in [-0.3, -0.25) is 4.79 Å². The molecule has 5 heteroatoms. The maximum atomic E-state index is 13.5. The molecule has 0 heterocycles. The predicted molar refractivity (Wildman–Crippen MR) is 96.3 cm³/mol. The number of fused-ring (bicyclic) bond motifs is 1. The molecule has 0 bridgehead atoms. The van der Waals surface area contributed by atoms with E-state index in [1.807, 2.05) is 25.1 Å². The van der Waals surface area contributed by atoms with Gasteiger partial charge in [0.2, 0.25) is 0 Å². The Labute approximate surface area is 147 Å². The lowest BCUT2D eigenvalue weighted by Gasteiger charge is -2.28. The van der Waals surface area contributed by atoms with Gasteiger partial charge in [0.1, 0.15) is 5.82 Å². The van der Waals surface area contributed by atoms with Crippen molar-refractivity contribution in [1.29, 1.82) is 0 Å². The summed E-state index contributed by atoms with van der Waals surface area (Å²) in [5.74, 6) is -0.389.